The molecule has 3 aromatic carbocycles. The van der Waals surface area contributed by atoms with Gasteiger partial charge in [0.05, 0.1) is 30.0 Å². The topological polar surface area (TPSA) is 43.3 Å². The molecule has 0 spiro atoms. The van der Waals surface area contributed by atoms with Crippen LogP contribution in [0.1, 0.15) is 23.6 Å². The lowest BCUT2D eigenvalue weighted by atomic mass is 10.1. The molecule has 172 valence electrons. The van der Waals surface area contributed by atoms with Gasteiger partial charge < -0.3 is 19.1 Å². The number of ether oxygens (including phenoxy) is 3. The van der Waals surface area contributed by atoms with Gasteiger partial charge in [0.2, 0.25) is 0 Å². The fourth-order valence-corrected chi connectivity index (χ4v) is 4.32. The van der Waals surface area contributed by atoms with Crippen LogP contribution >= 0.6 is 15.9 Å². The zero-order valence-electron chi connectivity index (χ0n) is 19.1. The van der Waals surface area contributed by atoms with E-state index in [4.69, 9.17) is 14.2 Å². The van der Waals surface area contributed by atoms with Gasteiger partial charge in [-0.2, -0.15) is 0 Å². The number of aliphatic imine (C=N–C) groups is 1. The highest BCUT2D eigenvalue weighted by molar-refractivity contribution is 9.10. The number of halogens is 1. The quantitative estimate of drug-likeness (QED) is 0.333. The first-order valence-corrected chi connectivity index (χ1v) is 12.0. The highest BCUT2D eigenvalue weighted by Gasteiger charge is 2.13. The summed E-state index contributed by atoms with van der Waals surface area (Å²) in [4.78, 5) is 6.98. The predicted octanol–water partition coefficient (Wildman–Crippen LogP) is 6.32. The monoisotopic (exact) mass is 508 g/mol. The van der Waals surface area contributed by atoms with Gasteiger partial charge in [-0.15, -0.1) is 0 Å². The highest BCUT2D eigenvalue weighted by atomic mass is 79.9. The predicted molar refractivity (Wildman–Crippen MR) is 138 cm³/mol. The van der Waals surface area contributed by atoms with Crippen LogP contribution in [0.2, 0.25) is 0 Å². The van der Waals surface area contributed by atoms with Gasteiger partial charge in [0, 0.05) is 25.0 Å². The molecule has 3 aromatic rings. The summed E-state index contributed by atoms with van der Waals surface area (Å²) < 4.78 is 18.3. The molecule has 4 rings (SSSR count). The van der Waals surface area contributed by atoms with Crippen LogP contribution < -0.4 is 14.4 Å². The van der Waals surface area contributed by atoms with E-state index in [1.54, 1.807) is 0 Å². The molecule has 1 heterocycles. The lowest BCUT2D eigenvalue weighted by molar-refractivity contribution is 0.122. The number of nitrogens with zero attached hydrogens (tertiary/aromatic N) is 2. The van der Waals surface area contributed by atoms with E-state index in [0.29, 0.717) is 24.7 Å². The minimum absolute atomic E-state index is 0.475. The van der Waals surface area contributed by atoms with E-state index in [-0.39, 0.29) is 0 Å². The summed E-state index contributed by atoms with van der Waals surface area (Å²) in [5, 5.41) is 0. The normalized spacial score (nSPS) is 14.0. The van der Waals surface area contributed by atoms with Gasteiger partial charge in [0.25, 0.3) is 0 Å². The molecule has 0 N–H and O–H groups in total. The first-order valence-electron chi connectivity index (χ1n) is 11.2. The molecule has 0 bridgehead atoms. The molecule has 5 nitrogen and oxygen atoms in total. The maximum atomic E-state index is 6.12. The van der Waals surface area contributed by atoms with E-state index in [1.165, 1.54) is 11.3 Å². The summed E-state index contributed by atoms with van der Waals surface area (Å²) in [5.74, 6) is 1.40. The largest absolute Gasteiger partial charge is 0.490 e. The Labute approximate surface area is 204 Å². The zero-order chi connectivity index (χ0) is 23.0. The first-order chi connectivity index (χ1) is 16.1. The molecule has 0 atom stereocenters. The Morgan fingerprint density at radius 3 is 2.55 bits per heavy atom. The van der Waals surface area contributed by atoms with Gasteiger partial charge in [-0.3, -0.25) is 4.99 Å². The number of morpholine rings is 1. The van der Waals surface area contributed by atoms with Crippen molar-refractivity contribution in [2.24, 2.45) is 4.99 Å². The molecular weight excluding hydrogens is 480 g/mol. The molecule has 6 heteroatoms. The molecule has 0 radical (unpaired) electrons. The molecule has 1 saturated heterocycles. The van der Waals surface area contributed by atoms with E-state index in [2.05, 4.69) is 63.1 Å². The van der Waals surface area contributed by atoms with Gasteiger partial charge in [0.1, 0.15) is 6.61 Å². The van der Waals surface area contributed by atoms with Crippen LogP contribution in [0.3, 0.4) is 0 Å². The summed E-state index contributed by atoms with van der Waals surface area (Å²) in [6.07, 6.45) is 1.85. The second-order valence-corrected chi connectivity index (χ2v) is 8.77. The summed E-state index contributed by atoms with van der Waals surface area (Å²) in [6, 6.07) is 20.6. The van der Waals surface area contributed by atoms with E-state index >= 15 is 0 Å². The Bertz CT molecular complexity index is 1090. The maximum Gasteiger partial charge on any atom is 0.175 e. The van der Waals surface area contributed by atoms with Crippen LogP contribution in [-0.4, -0.2) is 39.1 Å². The van der Waals surface area contributed by atoms with Crippen molar-refractivity contribution >= 4 is 33.5 Å². The van der Waals surface area contributed by atoms with E-state index in [0.717, 1.165) is 47.6 Å². The van der Waals surface area contributed by atoms with E-state index < -0.39 is 0 Å². The van der Waals surface area contributed by atoms with Crippen LogP contribution in [0, 0.1) is 6.92 Å². The Balaban J connectivity index is 1.47. The molecular formula is C27H29BrN2O3. The second-order valence-electron chi connectivity index (χ2n) is 7.91. The van der Waals surface area contributed by atoms with Crippen molar-refractivity contribution in [3.8, 4) is 11.5 Å². The average molecular weight is 509 g/mol. The average Bonchev–Trinajstić information content (AvgIpc) is 2.83. The van der Waals surface area contributed by atoms with Crippen molar-refractivity contribution in [1.29, 1.82) is 0 Å². The van der Waals surface area contributed by atoms with Crippen molar-refractivity contribution in [3.63, 3.8) is 0 Å². The summed E-state index contributed by atoms with van der Waals surface area (Å²) >= 11 is 3.65. The Morgan fingerprint density at radius 2 is 1.82 bits per heavy atom. The van der Waals surface area contributed by atoms with Gasteiger partial charge in [-0.05, 0) is 77.3 Å². The Hall–Kier alpha value is -2.83. The zero-order valence-corrected chi connectivity index (χ0v) is 20.7. The van der Waals surface area contributed by atoms with Gasteiger partial charge in [-0.25, -0.2) is 0 Å². The molecule has 0 aliphatic carbocycles. The second kappa shape index (κ2) is 11.3. The highest BCUT2D eigenvalue weighted by Crippen LogP contribution is 2.37. The van der Waals surface area contributed by atoms with Crippen LogP contribution in [0.4, 0.5) is 11.4 Å². The molecule has 0 amide bonds. The molecule has 1 aliphatic rings. The fourth-order valence-electron chi connectivity index (χ4n) is 3.74. The summed E-state index contributed by atoms with van der Waals surface area (Å²) in [5.41, 5.74) is 5.38. The SMILES string of the molecule is CCOc1cc(C=Nc2ccc(N3CCOCC3)cc2)cc(Br)c1OCc1cccc(C)c1. The lowest BCUT2D eigenvalue weighted by Gasteiger charge is -2.28. The van der Waals surface area contributed by atoms with Gasteiger partial charge in [-0.1, -0.05) is 29.8 Å². The molecule has 0 aromatic heterocycles. The Morgan fingerprint density at radius 1 is 1.03 bits per heavy atom. The minimum Gasteiger partial charge on any atom is -0.490 e. The first kappa shape index (κ1) is 23.3. The lowest BCUT2D eigenvalue weighted by Crippen LogP contribution is -2.36. The maximum absolute atomic E-state index is 6.12. The number of anilines is 1. The third-order valence-corrected chi connectivity index (χ3v) is 5.98. The summed E-state index contributed by atoms with van der Waals surface area (Å²) in [7, 11) is 0. The standard InChI is InChI=1S/C27H29BrN2O3/c1-3-32-26-17-22(16-25(28)27(26)33-19-21-6-4-5-20(2)15-21)18-29-23-7-9-24(10-8-23)30-11-13-31-14-12-30/h4-10,15-18H,3,11-14,19H2,1-2H3. The fraction of sp³-hybridized carbons (Fsp3) is 0.296. The van der Waals surface area contributed by atoms with Gasteiger partial charge >= 0.3 is 0 Å². The van der Waals surface area contributed by atoms with Crippen molar-refractivity contribution < 1.29 is 14.2 Å². The van der Waals surface area contributed by atoms with Crippen molar-refractivity contribution in [3.05, 3.63) is 81.8 Å². The minimum atomic E-state index is 0.475. The number of hydrogen-bond donors (Lipinski definition) is 0. The van der Waals surface area contributed by atoms with Crippen molar-refractivity contribution in [2.75, 3.05) is 37.8 Å². The van der Waals surface area contributed by atoms with Crippen LogP contribution in [0.15, 0.2) is 70.1 Å². The van der Waals surface area contributed by atoms with Gasteiger partial charge in [0.15, 0.2) is 11.5 Å². The van der Waals surface area contributed by atoms with Crippen LogP contribution in [0.5, 0.6) is 11.5 Å². The summed E-state index contributed by atoms with van der Waals surface area (Å²) in [6.45, 7) is 8.48. The van der Waals surface area contributed by atoms with E-state index in [9.17, 15) is 0 Å². The molecule has 1 fully saturated rings. The third kappa shape index (κ3) is 6.36. The van der Waals surface area contributed by atoms with Crippen LogP contribution in [0.25, 0.3) is 0 Å². The van der Waals surface area contributed by atoms with E-state index in [1.807, 2.05) is 43.5 Å². The number of benzene rings is 3. The third-order valence-electron chi connectivity index (χ3n) is 5.39. The number of rotatable bonds is 8. The molecule has 0 saturated carbocycles. The van der Waals surface area contributed by atoms with Crippen molar-refractivity contribution in [2.45, 2.75) is 20.5 Å². The molecule has 1 aliphatic heterocycles. The smallest absolute Gasteiger partial charge is 0.175 e. The number of hydrogen-bond acceptors (Lipinski definition) is 5. The molecule has 0 unspecified atom stereocenters. The van der Waals surface area contributed by atoms with Crippen molar-refractivity contribution in [1.82, 2.24) is 0 Å². The van der Waals surface area contributed by atoms with Crippen LogP contribution in [-0.2, 0) is 11.3 Å². The number of aryl methyl sites for hydroxylation is 1. The Kier molecular flexibility index (Phi) is 8.02. The molecule has 33 heavy (non-hydrogen) atoms.